The predicted octanol–water partition coefficient (Wildman–Crippen LogP) is 7.40. The Morgan fingerprint density at radius 3 is 1.95 bits per heavy atom. The zero-order valence-corrected chi connectivity index (χ0v) is 19.7. The SMILES string of the molecule is O=C(CSc1ccc(NC(=O)c2ccc3ccccc3c2)cc1)Nc1c(F)c(F)c(C(F)(F)F)c(F)c1F. The largest absolute Gasteiger partial charge is 0.422 e. The minimum Gasteiger partial charge on any atom is -0.322 e. The van der Waals surface area contributed by atoms with Crippen molar-refractivity contribution in [2.75, 3.05) is 16.4 Å². The second kappa shape index (κ2) is 10.7. The Labute approximate surface area is 214 Å². The monoisotopic (exact) mass is 552 g/mol. The highest BCUT2D eigenvalue weighted by Crippen LogP contribution is 2.38. The normalized spacial score (nSPS) is 11.4. The number of alkyl halides is 3. The lowest BCUT2D eigenvalue weighted by Gasteiger charge is -2.14. The smallest absolute Gasteiger partial charge is 0.322 e. The van der Waals surface area contributed by atoms with Crippen molar-refractivity contribution in [1.82, 2.24) is 0 Å². The average Bonchev–Trinajstić information content (AvgIpc) is 2.88. The van der Waals surface area contributed by atoms with Crippen LogP contribution >= 0.6 is 11.8 Å². The van der Waals surface area contributed by atoms with Gasteiger partial charge < -0.3 is 10.6 Å². The molecule has 0 saturated carbocycles. The summed E-state index contributed by atoms with van der Waals surface area (Å²) in [6.07, 6.45) is -5.69. The number of rotatable bonds is 6. The maximum absolute atomic E-state index is 14.0. The van der Waals surface area contributed by atoms with E-state index in [2.05, 4.69) is 5.32 Å². The number of anilines is 2. The molecule has 0 aliphatic carbocycles. The van der Waals surface area contributed by atoms with Gasteiger partial charge in [-0.05, 0) is 47.2 Å². The van der Waals surface area contributed by atoms with Crippen LogP contribution in [0.25, 0.3) is 10.8 Å². The molecule has 0 spiro atoms. The Kier molecular flexibility index (Phi) is 7.63. The van der Waals surface area contributed by atoms with E-state index in [1.54, 1.807) is 29.6 Å². The molecule has 0 radical (unpaired) electrons. The van der Waals surface area contributed by atoms with Gasteiger partial charge in [-0.15, -0.1) is 11.8 Å². The lowest BCUT2D eigenvalue weighted by Crippen LogP contribution is -2.21. The Morgan fingerprint density at radius 1 is 0.737 bits per heavy atom. The summed E-state index contributed by atoms with van der Waals surface area (Å²) in [7, 11) is 0. The lowest BCUT2D eigenvalue weighted by molar-refractivity contribution is -0.143. The molecule has 4 aromatic carbocycles. The van der Waals surface area contributed by atoms with Gasteiger partial charge >= 0.3 is 6.18 Å². The van der Waals surface area contributed by atoms with E-state index in [-0.39, 0.29) is 5.91 Å². The van der Waals surface area contributed by atoms with Crippen LogP contribution in [0.1, 0.15) is 15.9 Å². The summed E-state index contributed by atoms with van der Waals surface area (Å²) >= 11 is 0.864. The van der Waals surface area contributed by atoms with Crippen molar-refractivity contribution >= 4 is 45.7 Å². The van der Waals surface area contributed by atoms with E-state index in [0.29, 0.717) is 16.1 Å². The van der Waals surface area contributed by atoms with E-state index in [0.717, 1.165) is 22.5 Å². The molecule has 2 amide bonds. The standard InChI is InChI=1S/C26H15F7N2O2S/c27-20-19(26(31,32)33)21(28)23(30)24(22(20)29)35-18(36)12-38-17-9-7-16(8-10-17)34-25(37)15-6-5-13-3-1-2-4-14(13)11-15/h1-11H,12H2,(H,34,37)(H,35,36). The van der Waals surface area contributed by atoms with Gasteiger partial charge in [-0.1, -0.05) is 30.3 Å². The van der Waals surface area contributed by atoms with Crippen LogP contribution in [0.15, 0.2) is 71.6 Å². The number of fused-ring (bicyclic) bond motifs is 1. The first-order valence-electron chi connectivity index (χ1n) is 10.7. The molecule has 0 bridgehead atoms. The summed E-state index contributed by atoms with van der Waals surface area (Å²) in [6.45, 7) is 0. The number of hydrogen-bond acceptors (Lipinski definition) is 3. The minimum atomic E-state index is -5.69. The molecule has 4 nitrogen and oxygen atoms in total. The molecule has 196 valence electrons. The van der Waals surface area contributed by atoms with Gasteiger partial charge in [-0.25, -0.2) is 17.6 Å². The van der Waals surface area contributed by atoms with Crippen LogP contribution in [0.3, 0.4) is 0 Å². The number of amides is 2. The van der Waals surface area contributed by atoms with Gasteiger partial charge in [-0.3, -0.25) is 9.59 Å². The third kappa shape index (κ3) is 5.75. The number of hydrogen-bond donors (Lipinski definition) is 2. The number of nitrogens with one attached hydrogen (secondary N) is 2. The number of carbonyl (C=O) groups is 2. The fraction of sp³-hybridized carbons (Fsp3) is 0.0769. The topological polar surface area (TPSA) is 58.2 Å². The molecule has 0 aliphatic heterocycles. The molecule has 0 saturated heterocycles. The summed E-state index contributed by atoms with van der Waals surface area (Å²) in [6, 6.07) is 18.9. The van der Waals surface area contributed by atoms with E-state index in [1.165, 1.54) is 12.1 Å². The van der Waals surface area contributed by atoms with Crippen LogP contribution in [-0.2, 0) is 11.0 Å². The molecular formula is C26H15F7N2O2S. The predicted molar refractivity (Wildman–Crippen MR) is 129 cm³/mol. The van der Waals surface area contributed by atoms with Gasteiger partial charge in [0.05, 0.1) is 5.75 Å². The fourth-order valence-corrected chi connectivity index (χ4v) is 4.18. The highest BCUT2D eigenvalue weighted by molar-refractivity contribution is 8.00. The van der Waals surface area contributed by atoms with Crippen LogP contribution in [0.2, 0.25) is 0 Å². The van der Waals surface area contributed by atoms with Crippen LogP contribution in [0, 0.1) is 23.3 Å². The zero-order valence-electron chi connectivity index (χ0n) is 18.9. The molecule has 2 N–H and O–H groups in total. The van der Waals surface area contributed by atoms with E-state index in [9.17, 15) is 40.3 Å². The molecule has 4 rings (SSSR count). The molecular weight excluding hydrogens is 537 g/mol. The van der Waals surface area contributed by atoms with Crippen LogP contribution in [0.4, 0.5) is 42.1 Å². The molecule has 38 heavy (non-hydrogen) atoms. The van der Waals surface area contributed by atoms with E-state index < -0.39 is 52.4 Å². The average molecular weight is 552 g/mol. The molecule has 0 heterocycles. The van der Waals surface area contributed by atoms with Crippen LogP contribution in [0.5, 0.6) is 0 Å². The van der Waals surface area contributed by atoms with Crippen molar-refractivity contribution in [1.29, 1.82) is 0 Å². The summed E-state index contributed by atoms with van der Waals surface area (Å²) < 4.78 is 93.4. The Bertz CT molecular complexity index is 1510. The van der Waals surface area contributed by atoms with Crippen molar-refractivity contribution in [2.24, 2.45) is 0 Å². The first kappa shape index (κ1) is 27.0. The Hall–Kier alpha value is -4.06. The van der Waals surface area contributed by atoms with E-state index in [4.69, 9.17) is 0 Å². The van der Waals surface area contributed by atoms with Gasteiger partial charge in [0.1, 0.15) is 11.3 Å². The fourth-order valence-electron chi connectivity index (χ4n) is 3.48. The third-order valence-electron chi connectivity index (χ3n) is 5.31. The Morgan fingerprint density at radius 2 is 1.34 bits per heavy atom. The molecule has 12 heteroatoms. The highest BCUT2D eigenvalue weighted by Gasteiger charge is 2.42. The number of carbonyl (C=O) groups excluding carboxylic acids is 2. The van der Waals surface area contributed by atoms with Crippen molar-refractivity contribution < 1.29 is 40.3 Å². The molecule has 0 unspecified atom stereocenters. The molecule has 0 atom stereocenters. The van der Waals surface area contributed by atoms with Crippen molar-refractivity contribution in [2.45, 2.75) is 11.1 Å². The molecule has 4 aromatic rings. The number of halogens is 7. The highest BCUT2D eigenvalue weighted by atomic mass is 32.2. The van der Waals surface area contributed by atoms with Gasteiger partial charge in [0.15, 0.2) is 23.3 Å². The summed E-state index contributed by atoms with van der Waals surface area (Å²) in [5.74, 6) is -12.1. The quantitative estimate of drug-likeness (QED) is 0.149. The van der Waals surface area contributed by atoms with Crippen molar-refractivity contribution in [3.8, 4) is 0 Å². The first-order valence-corrected chi connectivity index (χ1v) is 11.7. The second-order valence-corrected chi connectivity index (χ2v) is 8.93. The van der Waals surface area contributed by atoms with Crippen molar-refractivity contribution in [3.63, 3.8) is 0 Å². The van der Waals surface area contributed by atoms with Crippen molar-refractivity contribution in [3.05, 3.63) is 101 Å². The Balaban J connectivity index is 1.37. The summed E-state index contributed by atoms with van der Waals surface area (Å²) in [4.78, 5) is 25.1. The summed E-state index contributed by atoms with van der Waals surface area (Å²) in [5.41, 5.74) is -3.51. The van der Waals surface area contributed by atoms with Gasteiger partial charge in [0.2, 0.25) is 5.91 Å². The minimum absolute atomic E-state index is 0.351. The molecule has 0 aromatic heterocycles. The second-order valence-electron chi connectivity index (χ2n) is 7.88. The van der Waals surface area contributed by atoms with Gasteiger partial charge in [0.25, 0.3) is 5.91 Å². The lowest BCUT2D eigenvalue weighted by atomic mass is 10.1. The van der Waals surface area contributed by atoms with Crippen LogP contribution in [-0.4, -0.2) is 17.6 Å². The first-order chi connectivity index (χ1) is 18.0. The maximum Gasteiger partial charge on any atom is 0.422 e. The molecule has 0 aliphatic rings. The van der Waals surface area contributed by atoms with E-state index >= 15 is 0 Å². The molecule has 0 fully saturated rings. The number of thioether (sulfide) groups is 1. The summed E-state index contributed by atoms with van der Waals surface area (Å²) in [5, 5.41) is 6.16. The third-order valence-corrected chi connectivity index (χ3v) is 6.32. The zero-order chi connectivity index (χ0) is 27.6. The van der Waals surface area contributed by atoms with E-state index in [1.807, 2.05) is 30.3 Å². The maximum atomic E-state index is 14.0. The number of benzene rings is 4. The van der Waals surface area contributed by atoms with Gasteiger partial charge in [-0.2, -0.15) is 13.2 Å². The van der Waals surface area contributed by atoms with Gasteiger partial charge in [0, 0.05) is 16.1 Å². The van der Waals surface area contributed by atoms with Crippen LogP contribution < -0.4 is 10.6 Å².